The third-order valence-electron chi connectivity index (χ3n) is 4.34. The van der Waals surface area contributed by atoms with E-state index in [1.165, 1.54) is 18.6 Å². The molecule has 0 unspecified atom stereocenters. The first-order chi connectivity index (χ1) is 11.4. The van der Waals surface area contributed by atoms with E-state index in [1.54, 1.807) is 0 Å². The van der Waals surface area contributed by atoms with Gasteiger partial charge in [-0.25, -0.2) is 4.79 Å². The lowest BCUT2D eigenvalue weighted by atomic mass is 10.2. The van der Waals surface area contributed by atoms with Gasteiger partial charge in [-0.15, -0.1) is 4.73 Å². The first-order valence-electron chi connectivity index (χ1n) is 8.21. The van der Waals surface area contributed by atoms with Gasteiger partial charge in [-0.05, 0) is 26.7 Å². The Hall–Kier alpha value is -2.22. The van der Waals surface area contributed by atoms with Crippen molar-refractivity contribution in [2.75, 3.05) is 13.1 Å². The van der Waals surface area contributed by atoms with Crippen molar-refractivity contribution >= 4 is 11.9 Å². The van der Waals surface area contributed by atoms with Crippen molar-refractivity contribution in [3.05, 3.63) is 12.1 Å². The maximum absolute atomic E-state index is 12.0. The van der Waals surface area contributed by atoms with Gasteiger partial charge in [0, 0.05) is 30.8 Å². The van der Waals surface area contributed by atoms with E-state index in [2.05, 4.69) is 24.1 Å². The molecule has 1 fully saturated rings. The quantitative estimate of drug-likeness (QED) is 0.517. The van der Waals surface area contributed by atoms with Gasteiger partial charge in [-0.1, -0.05) is 6.42 Å². The Bertz CT molecular complexity index is 557. The Morgan fingerprint density at radius 1 is 1.21 bits per heavy atom. The van der Waals surface area contributed by atoms with Crippen molar-refractivity contribution in [2.24, 2.45) is 0 Å². The highest BCUT2D eigenvalue weighted by atomic mass is 16.7. The van der Waals surface area contributed by atoms with Gasteiger partial charge in [0.05, 0.1) is 13.0 Å². The Morgan fingerprint density at radius 2 is 1.79 bits per heavy atom. The molecular weight excluding hydrogens is 318 g/mol. The number of carbonyl (C=O) groups excluding carboxylic acids is 2. The van der Waals surface area contributed by atoms with Crippen LogP contribution in [0.5, 0.6) is 11.8 Å². The van der Waals surface area contributed by atoms with Crippen molar-refractivity contribution in [3.8, 4) is 11.8 Å². The smallest absolute Gasteiger partial charge is 0.334 e. The summed E-state index contributed by atoms with van der Waals surface area (Å²) in [6.45, 7) is 4.69. The number of likely N-dealkylation sites (tertiary alicyclic amines) is 1. The van der Waals surface area contributed by atoms with Gasteiger partial charge < -0.3 is 20.4 Å². The second-order valence-electron chi connectivity index (χ2n) is 6.21. The molecule has 2 heterocycles. The number of rotatable bonds is 6. The summed E-state index contributed by atoms with van der Waals surface area (Å²) in [6.07, 6.45) is 3.31. The molecule has 1 aliphatic heterocycles. The van der Waals surface area contributed by atoms with Crippen LogP contribution in [-0.4, -0.2) is 56.9 Å². The number of hydrogen-bond acceptors (Lipinski definition) is 6. The van der Waals surface area contributed by atoms with Crippen molar-refractivity contribution in [2.45, 2.75) is 51.6 Å². The number of piperidine rings is 1. The summed E-state index contributed by atoms with van der Waals surface area (Å²) in [5, 5.41) is 21.4. The van der Waals surface area contributed by atoms with Crippen LogP contribution in [0.4, 0.5) is 0 Å². The summed E-state index contributed by atoms with van der Waals surface area (Å²) in [7, 11) is 0. The van der Waals surface area contributed by atoms with Crippen LogP contribution in [-0.2, 0) is 9.59 Å². The summed E-state index contributed by atoms with van der Waals surface area (Å²) >= 11 is 0. The van der Waals surface area contributed by atoms with E-state index in [0.29, 0.717) is 23.4 Å². The normalized spacial score (nSPS) is 21.4. The van der Waals surface area contributed by atoms with Crippen LogP contribution in [0.25, 0.3) is 0 Å². The van der Waals surface area contributed by atoms with Gasteiger partial charge >= 0.3 is 5.97 Å². The standard InChI is InChI=1S/C16H25N3O5/c1-11-4-3-5-12(2)18(11)10-13(20)17-9-8-16(23)24-19-14(21)6-7-15(19)22/h6-7,11-12,21-22H,3-5,8-10H2,1-2H3,(H,17,20)/t11-,12+/i1+1,11+1,12+1,17+1/m0/s1. The molecule has 2 atom stereocenters. The molecule has 0 saturated carbocycles. The molecule has 1 aromatic rings. The molecule has 1 saturated heterocycles. The molecule has 1 aromatic heterocycles. The van der Waals surface area contributed by atoms with Crippen LogP contribution in [0.15, 0.2) is 12.1 Å². The van der Waals surface area contributed by atoms with E-state index in [-0.39, 0.29) is 30.6 Å². The van der Waals surface area contributed by atoms with Crippen LogP contribution in [0.3, 0.4) is 0 Å². The van der Waals surface area contributed by atoms with Gasteiger partial charge in [0.2, 0.25) is 17.7 Å². The highest BCUT2D eigenvalue weighted by Crippen LogP contribution is 2.21. The van der Waals surface area contributed by atoms with Gasteiger partial charge in [0.1, 0.15) is 0 Å². The minimum absolute atomic E-state index is 0.0616. The molecule has 8 heteroatoms. The van der Waals surface area contributed by atoms with Crippen molar-refractivity contribution in [3.63, 3.8) is 0 Å². The second-order valence-corrected chi connectivity index (χ2v) is 6.21. The minimum Gasteiger partial charge on any atom is -0.492 e. The fourth-order valence-electron chi connectivity index (χ4n) is 2.95. The Balaban J connectivity index is 1.71. The molecule has 0 aromatic carbocycles. The third-order valence-corrected chi connectivity index (χ3v) is 4.34. The largest absolute Gasteiger partial charge is 0.492 e. The van der Waals surface area contributed by atoms with Crippen LogP contribution in [0.1, 0.15) is 39.5 Å². The van der Waals surface area contributed by atoms with E-state index >= 15 is 0 Å². The summed E-state index contributed by atoms with van der Waals surface area (Å²) in [5.74, 6) is -1.55. The molecule has 3 N–H and O–H groups in total. The summed E-state index contributed by atoms with van der Waals surface area (Å²) < 4.78 is 0.626. The highest BCUT2D eigenvalue weighted by molar-refractivity contribution is 5.79. The Kier molecular flexibility index (Phi) is 6.08. The van der Waals surface area contributed by atoms with Gasteiger partial charge in [0.25, 0.3) is 0 Å². The maximum Gasteiger partial charge on any atom is 0.334 e. The van der Waals surface area contributed by atoms with Crippen molar-refractivity contribution in [1.82, 2.24) is 14.9 Å². The van der Waals surface area contributed by atoms with Gasteiger partial charge in [-0.2, -0.15) is 0 Å². The van der Waals surface area contributed by atoms with E-state index in [9.17, 15) is 19.8 Å². The monoisotopic (exact) mass is 343 g/mol. The van der Waals surface area contributed by atoms with Crippen LogP contribution in [0, 0.1) is 0 Å². The first kappa shape index (κ1) is 18.1. The molecule has 0 aliphatic carbocycles. The Morgan fingerprint density at radius 3 is 2.38 bits per heavy atom. The van der Waals surface area contributed by atoms with Crippen molar-refractivity contribution < 1.29 is 24.6 Å². The molecule has 134 valence electrons. The predicted octanol–water partition coefficient (Wildman–Crippen LogP) is 0.624. The lowest BCUT2D eigenvalue weighted by Crippen LogP contribution is -2.48. The number of aromatic hydroxyl groups is 2. The molecule has 0 bridgehead atoms. The van der Waals surface area contributed by atoms with Crippen LogP contribution < -0.4 is 10.2 Å². The maximum atomic E-state index is 12.0. The molecule has 1 amide bonds. The van der Waals surface area contributed by atoms with Crippen molar-refractivity contribution in [1.29, 1.82) is 0 Å². The summed E-state index contributed by atoms with van der Waals surface area (Å²) in [5.41, 5.74) is 0. The zero-order valence-electron chi connectivity index (χ0n) is 14.1. The fourth-order valence-corrected chi connectivity index (χ4v) is 2.95. The van der Waals surface area contributed by atoms with Gasteiger partial charge in [0.15, 0.2) is 0 Å². The molecule has 1 aliphatic rings. The van der Waals surface area contributed by atoms with Crippen LogP contribution in [0.2, 0.25) is 0 Å². The molecule has 0 radical (unpaired) electrons. The number of amides is 1. The van der Waals surface area contributed by atoms with E-state index in [0.717, 1.165) is 12.8 Å². The number of nitrogens with one attached hydrogen (secondary N) is 1. The fraction of sp³-hybridized carbons (Fsp3) is 0.625. The summed E-state index contributed by atoms with van der Waals surface area (Å²) in [4.78, 5) is 30.7. The lowest BCUT2D eigenvalue weighted by Gasteiger charge is -2.38. The SMILES string of the molecule is C[13C@@H]1CCC[13C@H]([13CH3])N1CC(=O)[15NH]CCC(=O)On1c(O)ccc1O. The summed E-state index contributed by atoms with van der Waals surface area (Å²) in [6, 6.07) is 3.16. The minimum atomic E-state index is -0.670. The number of carbonyl (C=O) groups is 2. The predicted molar refractivity (Wildman–Crippen MR) is 86.5 cm³/mol. The number of aromatic nitrogens is 1. The van der Waals surface area contributed by atoms with E-state index in [1.807, 2.05) is 0 Å². The zero-order valence-corrected chi connectivity index (χ0v) is 14.1. The van der Waals surface area contributed by atoms with Crippen LogP contribution >= 0.6 is 0 Å². The average Bonchev–Trinajstić information content (AvgIpc) is 2.83. The highest BCUT2D eigenvalue weighted by Gasteiger charge is 2.26. The van der Waals surface area contributed by atoms with Gasteiger partial charge in [-0.3, -0.25) is 9.69 Å². The average molecular weight is 343 g/mol. The molecule has 2 rings (SSSR count). The molecule has 0 spiro atoms. The molecular formula is C16H25N3O5. The topological polar surface area (TPSA) is 104 Å². The van der Waals surface area contributed by atoms with E-state index < -0.39 is 5.97 Å². The first-order valence-corrected chi connectivity index (χ1v) is 8.21. The molecule has 8 nitrogen and oxygen atoms in total. The van der Waals surface area contributed by atoms with E-state index in [4.69, 9.17) is 4.84 Å². The molecule has 24 heavy (non-hydrogen) atoms. The third kappa shape index (κ3) is 4.64. The Labute approximate surface area is 141 Å². The lowest BCUT2D eigenvalue weighted by molar-refractivity contribution is -0.145. The second kappa shape index (κ2) is 8.05. The zero-order chi connectivity index (χ0) is 17.7. The number of nitrogens with zero attached hydrogens (tertiary/aromatic N) is 2. The number of hydrogen-bond donors (Lipinski definition) is 3.